The first-order valence-corrected chi connectivity index (χ1v) is 6.80. The normalized spacial score (nSPS) is 10.7. The van der Waals surface area contributed by atoms with E-state index in [1.807, 2.05) is 0 Å². The predicted molar refractivity (Wildman–Crippen MR) is 89.7 cm³/mol. The van der Waals surface area contributed by atoms with Gasteiger partial charge in [-0.05, 0) is 35.4 Å². The first-order chi connectivity index (χ1) is 11.0. The van der Waals surface area contributed by atoms with Crippen molar-refractivity contribution in [3.8, 4) is 34.1 Å². The van der Waals surface area contributed by atoms with E-state index in [0.29, 0.717) is 22.3 Å². The number of methoxy groups -OCH3 is 2. The van der Waals surface area contributed by atoms with Gasteiger partial charge in [0.25, 0.3) is 0 Å². The summed E-state index contributed by atoms with van der Waals surface area (Å²) in [5, 5.41) is 28.2. The predicted octanol–water partition coefficient (Wildman–Crippen LogP) is 2.83. The molecule has 0 aromatic heterocycles. The van der Waals surface area contributed by atoms with Crippen molar-refractivity contribution in [1.82, 2.24) is 0 Å². The van der Waals surface area contributed by atoms with Crippen molar-refractivity contribution in [3.05, 3.63) is 35.4 Å². The number of rotatable bonds is 5. The monoisotopic (exact) mass is 314 g/mol. The molecule has 2 rings (SSSR count). The van der Waals surface area contributed by atoms with Crippen molar-refractivity contribution in [1.29, 1.82) is 5.41 Å². The second-order valence-electron chi connectivity index (χ2n) is 4.77. The van der Waals surface area contributed by atoms with Crippen LogP contribution in [0.2, 0.25) is 0 Å². The topological polar surface area (TPSA) is 95.1 Å². The van der Waals surface area contributed by atoms with Gasteiger partial charge in [-0.1, -0.05) is 0 Å². The highest BCUT2D eigenvalue weighted by Crippen LogP contribution is 2.45. The minimum Gasteiger partial charge on any atom is -0.504 e. The average Bonchev–Trinajstić information content (AvgIpc) is 2.57. The number of hydrogen-bond acceptors (Lipinski definition) is 6. The van der Waals surface area contributed by atoms with Crippen molar-refractivity contribution in [2.75, 3.05) is 21.3 Å². The first kappa shape index (κ1) is 16.4. The van der Waals surface area contributed by atoms with Crippen molar-refractivity contribution >= 4 is 12.4 Å². The SMILES string of the molecule is C/N=C/c1cc(OC)c(O)c(-c2cc(C=N)cc(OC)c2O)c1. The summed E-state index contributed by atoms with van der Waals surface area (Å²) < 4.78 is 10.3. The molecule has 0 aliphatic rings. The van der Waals surface area contributed by atoms with Gasteiger partial charge in [0, 0.05) is 30.6 Å². The van der Waals surface area contributed by atoms with Crippen LogP contribution in [0.4, 0.5) is 0 Å². The number of ether oxygens (including phenoxy) is 2. The van der Waals surface area contributed by atoms with E-state index in [1.54, 1.807) is 31.5 Å². The van der Waals surface area contributed by atoms with Crippen LogP contribution in [0.1, 0.15) is 11.1 Å². The van der Waals surface area contributed by atoms with E-state index >= 15 is 0 Å². The van der Waals surface area contributed by atoms with Gasteiger partial charge in [-0.3, -0.25) is 4.99 Å². The molecule has 6 nitrogen and oxygen atoms in total. The molecule has 0 fully saturated rings. The molecule has 0 saturated heterocycles. The Morgan fingerprint density at radius 3 is 1.83 bits per heavy atom. The lowest BCUT2D eigenvalue weighted by atomic mass is 9.98. The number of phenolic OH excluding ortho intramolecular Hbond substituents is 2. The molecule has 0 saturated carbocycles. The molecule has 3 N–H and O–H groups in total. The first-order valence-electron chi connectivity index (χ1n) is 6.80. The molecule has 0 unspecified atom stereocenters. The molecule has 23 heavy (non-hydrogen) atoms. The Morgan fingerprint density at radius 1 is 0.913 bits per heavy atom. The lowest BCUT2D eigenvalue weighted by molar-refractivity contribution is 0.371. The number of nitrogens with zero attached hydrogens (tertiary/aromatic N) is 1. The van der Waals surface area contributed by atoms with E-state index in [1.165, 1.54) is 20.3 Å². The zero-order valence-corrected chi connectivity index (χ0v) is 13.1. The number of hydrogen-bond donors (Lipinski definition) is 3. The van der Waals surface area contributed by atoms with Gasteiger partial charge in [0.2, 0.25) is 0 Å². The van der Waals surface area contributed by atoms with Crippen LogP contribution in [0, 0.1) is 5.41 Å². The van der Waals surface area contributed by atoms with Crippen LogP contribution < -0.4 is 9.47 Å². The van der Waals surface area contributed by atoms with Crippen LogP contribution in [0.3, 0.4) is 0 Å². The van der Waals surface area contributed by atoms with Crippen LogP contribution in [0.15, 0.2) is 29.3 Å². The number of nitrogens with one attached hydrogen (secondary N) is 1. The molecule has 2 aromatic carbocycles. The lowest BCUT2D eigenvalue weighted by Crippen LogP contribution is -1.94. The van der Waals surface area contributed by atoms with Crippen LogP contribution in [-0.4, -0.2) is 43.9 Å². The molecule has 2 aromatic rings. The molecule has 0 amide bonds. The summed E-state index contributed by atoms with van der Waals surface area (Å²) in [5.74, 6) is 0.242. The Balaban J connectivity index is 2.79. The Hall–Kier alpha value is -3.02. The zero-order valence-electron chi connectivity index (χ0n) is 13.1. The van der Waals surface area contributed by atoms with Crippen molar-refractivity contribution in [3.63, 3.8) is 0 Å². The van der Waals surface area contributed by atoms with Gasteiger partial charge in [0.05, 0.1) is 14.2 Å². The molecule has 0 heterocycles. The van der Waals surface area contributed by atoms with Crippen LogP contribution in [-0.2, 0) is 0 Å². The third kappa shape index (κ3) is 3.11. The molecule has 0 aliphatic carbocycles. The highest BCUT2D eigenvalue weighted by molar-refractivity contribution is 5.91. The third-order valence-corrected chi connectivity index (χ3v) is 3.37. The van der Waals surface area contributed by atoms with E-state index in [2.05, 4.69) is 4.99 Å². The largest absolute Gasteiger partial charge is 0.504 e. The zero-order chi connectivity index (χ0) is 17.0. The van der Waals surface area contributed by atoms with Crippen LogP contribution >= 0.6 is 0 Å². The van der Waals surface area contributed by atoms with Gasteiger partial charge in [0.15, 0.2) is 23.0 Å². The van der Waals surface area contributed by atoms with E-state index in [0.717, 1.165) is 6.21 Å². The summed E-state index contributed by atoms with van der Waals surface area (Å²) >= 11 is 0. The number of benzene rings is 2. The van der Waals surface area contributed by atoms with Gasteiger partial charge in [0.1, 0.15) is 0 Å². The maximum Gasteiger partial charge on any atom is 0.165 e. The molecule has 6 heteroatoms. The van der Waals surface area contributed by atoms with Gasteiger partial charge < -0.3 is 25.1 Å². The average molecular weight is 314 g/mol. The van der Waals surface area contributed by atoms with Crippen molar-refractivity contribution in [2.45, 2.75) is 0 Å². The fourth-order valence-corrected chi connectivity index (χ4v) is 2.29. The second-order valence-corrected chi connectivity index (χ2v) is 4.77. The third-order valence-electron chi connectivity index (χ3n) is 3.37. The number of phenols is 2. The minimum atomic E-state index is -0.124. The van der Waals surface area contributed by atoms with E-state index in [4.69, 9.17) is 14.9 Å². The second kappa shape index (κ2) is 6.83. The van der Waals surface area contributed by atoms with Gasteiger partial charge in [-0.25, -0.2) is 0 Å². The van der Waals surface area contributed by atoms with Gasteiger partial charge >= 0.3 is 0 Å². The molecular formula is C17H18N2O4. The van der Waals surface area contributed by atoms with Gasteiger partial charge in [-0.15, -0.1) is 0 Å². The highest BCUT2D eigenvalue weighted by atomic mass is 16.5. The molecule has 0 atom stereocenters. The minimum absolute atomic E-state index is 0.111. The summed E-state index contributed by atoms with van der Waals surface area (Å²) in [6.45, 7) is 0. The summed E-state index contributed by atoms with van der Waals surface area (Å²) in [5.41, 5.74) is 1.93. The van der Waals surface area contributed by atoms with Crippen molar-refractivity contribution < 1.29 is 19.7 Å². The van der Waals surface area contributed by atoms with E-state index in [-0.39, 0.29) is 23.0 Å². The smallest absolute Gasteiger partial charge is 0.165 e. The Bertz CT molecular complexity index is 770. The molecule has 0 spiro atoms. The molecule has 0 bridgehead atoms. The molecular weight excluding hydrogens is 296 g/mol. The fourth-order valence-electron chi connectivity index (χ4n) is 2.29. The van der Waals surface area contributed by atoms with Gasteiger partial charge in [-0.2, -0.15) is 0 Å². The summed E-state index contributed by atoms with van der Waals surface area (Å²) in [6, 6.07) is 6.44. The molecule has 120 valence electrons. The quantitative estimate of drug-likeness (QED) is 0.740. The lowest BCUT2D eigenvalue weighted by Gasteiger charge is -2.14. The molecule has 0 aliphatic heterocycles. The van der Waals surface area contributed by atoms with Crippen molar-refractivity contribution in [2.24, 2.45) is 4.99 Å². The highest BCUT2D eigenvalue weighted by Gasteiger charge is 2.18. The standard InChI is InChI=1S/C17H18N2O4/c1-19-9-11-5-13(17(21)15(7-11)23-3)12-4-10(8-18)6-14(22-2)16(12)20/h4-9,18,20-21H,1-3H3/b18-8?,19-9+. The Kier molecular flexibility index (Phi) is 4.85. The summed E-state index contributed by atoms with van der Waals surface area (Å²) in [7, 11) is 4.50. The van der Waals surface area contributed by atoms with E-state index in [9.17, 15) is 10.2 Å². The maximum atomic E-state index is 10.4. The molecule has 0 radical (unpaired) electrons. The fraction of sp³-hybridized carbons (Fsp3) is 0.176. The Labute approximate surface area is 134 Å². The van der Waals surface area contributed by atoms with E-state index < -0.39 is 0 Å². The summed E-state index contributed by atoms with van der Waals surface area (Å²) in [6.07, 6.45) is 2.75. The van der Waals surface area contributed by atoms with Crippen LogP contribution in [0.25, 0.3) is 11.1 Å². The maximum absolute atomic E-state index is 10.4. The number of aromatic hydroxyl groups is 2. The number of aliphatic imine (C=N–C) groups is 1. The Morgan fingerprint density at radius 2 is 1.39 bits per heavy atom. The summed E-state index contributed by atoms with van der Waals surface area (Å²) in [4.78, 5) is 3.95. The van der Waals surface area contributed by atoms with Crippen LogP contribution in [0.5, 0.6) is 23.0 Å².